The lowest BCUT2D eigenvalue weighted by Crippen LogP contribution is -2.45. The van der Waals surface area contributed by atoms with Crippen molar-refractivity contribution >= 4 is 11.9 Å². The van der Waals surface area contributed by atoms with Crippen LogP contribution in [0.2, 0.25) is 0 Å². The summed E-state index contributed by atoms with van der Waals surface area (Å²) in [6, 6.07) is -0.567. The molecular weight excluding hydrogens is 767 g/mol. The molecule has 6 heteroatoms. The predicted octanol–water partition coefficient (Wildman–Crippen LogP) is 16.7. The minimum Gasteiger partial charge on any atom is -0.466 e. The summed E-state index contributed by atoms with van der Waals surface area (Å²) in [6.07, 6.45) is 61.6. The van der Waals surface area contributed by atoms with Crippen LogP contribution in [0.1, 0.15) is 296 Å². The van der Waals surface area contributed by atoms with Gasteiger partial charge < -0.3 is 20.3 Å². The number of hydrogen-bond donors (Lipinski definition) is 3. The molecule has 2 atom stereocenters. The third kappa shape index (κ3) is 47.8. The van der Waals surface area contributed by atoms with Gasteiger partial charge >= 0.3 is 5.97 Å². The van der Waals surface area contributed by atoms with Crippen LogP contribution in [0.25, 0.3) is 0 Å². The van der Waals surface area contributed by atoms with E-state index in [2.05, 4.69) is 43.5 Å². The molecule has 2 unspecified atom stereocenters. The van der Waals surface area contributed by atoms with Gasteiger partial charge in [0.25, 0.3) is 0 Å². The van der Waals surface area contributed by atoms with E-state index >= 15 is 0 Å². The molecule has 0 fully saturated rings. The summed E-state index contributed by atoms with van der Waals surface area (Å²) in [4.78, 5) is 24.5. The second kappa shape index (κ2) is 52.0. The molecule has 366 valence electrons. The Morgan fingerprint density at radius 1 is 0.435 bits per heavy atom. The van der Waals surface area contributed by atoms with Gasteiger partial charge in [0, 0.05) is 12.8 Å². The molecule has 0 aromatic heterocycles. The smallest absolute Gasteiger partial charge is 0.305 e. The van der Waals surface area contributed by atoms with Crippen molar-refractivity contribution in [3.8, 4) is 0 Å². The molecular formula is C56H107NO5. The number of aliphatic hydroxyl groups excluding tert-OH is 2. The van der Waals surface area contributed by atoms with Crippen LogP contribution in [0.15, 0.2) is 24.3 Å². The lowest BCUT2D eigenvalue weighted by molar-refractivity contribution is -0.143. The number of allylic oxidation sites excluding steroid dienone is 4. The Morgan fingerprint density at radius 3 is 1.15 bits per heavy atom. The molecule has 0 aliphatic heterocycles. The van der Waals surface area contributed by atoms with Gasteiger partial charge in [0.15, 0.2) is 0 Å². The first-order valence-corrected chi connectivity index (χ1v) is 27.6. The van der Waals surface area contributed by atoms with E-state index in [1.165, 1.54) is 186 Å². The van der Waals surface area contributed by atoms with Gasteiger partial charge in [-0.25, -0.2) is 0 Å². The molecule has 0 radical (unpaired) electrons. The van der Waals surface area contributed by atoms with E-state index < -0.39 is 12.1 Å². The van der Waals surface area contributed by atoms with Gasteiger partial charge in [-0.1, -0.05) is 231 Å². The highest BCUT2D eigenvalue weighted by Gasteiger charge is 2.20. The zero-order valence-electron chi connectivity index (χ0n) is 41.6. The van der Waals surface area contributed by atoms with E-state index in [1.54, 1.807) is 0 Å². The molecule has 6 nitrogen and oxygen atoms in total. The normalized spacial score (nSPS) is 12.8. The number of unbranched alkanes of at least 4 members (excludes halogenated alkanes) is 36. The number of carbonyl (C=O) groups excluding carboxylic acids is 2. The summed E-state index contributed by atoms with van der Waals surface area (Å²) >= 11 is 0. The first-order chi connectivity index (χ1) is 30.5. The highest BCUT2D eigenvalue weighted by Crippen LogP contribution is 2.17. The lowest BCUT2D eigenvalue weighted by Gasteiger charge is -2.22. The van der Waals surface area contributed by atoms with Crippen molar-refractivity contribution in [3.05, 3.63) is 24.3 Å². The van der Waals surface area contributed by atoms with E-state index in [4.69, 9.17) is 4.74 Å². The summed E-state index contributed by atoms with van der Waals surface area (Å²) in [5.41, 5.74) is 0. The van der Waals surface area contributed by atoms with E-state index in [1.807, 2.05) is 0 Å². The maximum absolute atomic E-state index is 12.5. The second-order valence-corrected chi connectivity index (χ2v) is 18.9. The van der Waals surface area contributed by atoms with E-state index in [0.717, 1.165) is 77.0 Å². The first kappa shape index (κ1) is 60.3. The van der Waals surface area contributed by atoms with E-state index in [9.17, 15) is 19.8 Å². The largest absolute Gasteiger partial charge is 0.466 e. The molecule has 0 aliphatic carbocycles. The Morgan fingerprint density at radius 2 is 0.758 bits per heavy atom. The number of carbonyl (C=O) groups is 2. The molecule has 0 heterocycles. The average Bonchev–Trinajstić information content (AvgIpc) is 3.27. The predicted molar refractivity (Wildman–Crippen MR) is 269 cm³/mol. The van der Waals surface area contributed by atoms with Crippen molar-refractivity contribution in [2.75, 3.05) is 13.2 Å². The molecule has 0 aromatic rings. The fourth-order valence-corrected chi connectivity index (χ4v) is 8.45. The van der Waals surface area contributed by atoms with Gasteiger partial charge in [-0.15, -0.1) is 0 Å². The molecule has 0 saturated heterocycles. The molecule has 62 heavy (non-hydrogen) atoms. The van der Waals surface area contributed by atoms with Gasteiger partial charge in [-0.2, -0.15) is 0 Å². The Hall–Kier alpha value is -1.66. The molecule has 0 aliphatic rings. The Balaban J connectivity index is 3.51. The highest BCUT2D eigenvalue weighted by molar-refractivity contribution is 5.76. The number of ether oxygens (including phenoxy) is 1. The van der Waals surface area contributed by atoms with Crippen molar-refractivity contribution < 1.29 is 24.5 Å². The molecule has 0 spiro atoms. The Kier molecular flexibility index (Phi) is 50.6. The Bertz CT molecular complexity index is 966. The summed E-state index contributed by atoms with van der Waals surface area (Å²) in [7, 11) is 0. The number of aliphatic hydroxyl groups is 2. The van der Waals surface area contributed by atoms with Crippen LogP contribution < -0.4 is 5.32 Å². The number of amides is 1. The number of esters is 1. The highest BCUT2D eigenvalue weighted by atomic mass is 16.5. The third-order valence-corrected chi connectivity index (χ3v) is 12.7. The van der Waals surface area contributed by atoms with Gasteiger partial charge in [0.05, 0.1) is 25.4 Å². The summed E-state index contributed by atoms with van der Waals surface area (Å²) in [6.45, 7) is 4.87. The zero-order chi connectivity index (χ0) is 45.1. The molecule has 0 aromatic carbocycles. The minimum absolute atomic E-state index is 0.0389. The van der Waals surface area contributed by atoms with Crippen LogP contribution in [-0.2, 0) is 14.3 Å². The fraction of sp³-hybridized carbons (Fsp3) is 0.893. The van der Waals surface area contributed by atoms with Crippen molar-refractivity contribution in [1.29, 1.82) is 0 Å². The summed E-state index contributed by atoms with van der Waals surface area (Å²) in [5, 5.41) is 23.2. The van der Waals surface area contributed by atoms with Crippen LogP contribution >= 0.6 is 0 Å². The van der Waals surface area contributed by atoms with Gasteiger partial charge in [-0.3, -0.25) is 9.59 Å². The lowest BCUT2D eigenvalue weighted by atomic mass is 10.0. The van der Waals surface area contributed by atoms with Gasteiger partial charge in [-0.05, 0) is 77.0 Å². The monoisotopic (exact) mass is 874 g/mol. The SMILES string of the molecule is CCCCCCCCC/C=C\CCCCCCCCCC(=O)OCCCC/C=C\CCCCCCC(=O)NC(CO)C(O)CCCCCCCCCCCCCCCCCCC. The quantitative estimate of drug-likeness (QED) is 0.0321. The molecule has 0 rings (SSSR count). The first-order valence-electron chi connectivity index (χ1n) is 27.6. The number of nitrogens with one attached hydrogen (secondary N) is 1. The van der Waals surface area contributed by atoms with E-state index in [0.29, 0.717) is 25.9 Å². The number of hydrogen-bond acceptors (Lipinski definition) is 5. The van der Waals surface area contributed by atoms with Crippen molar-refractivity contribution in [3.63, 3.8) is 0 Å². The van der Waals surface area contributed by atoms with Gasteiger partial charge in [0.2, 0.25) is 5.91 Å². The second-order valence-electron chi connectivity index (χ2n) is 18.9. The molecule has 0 bridgehead atoms. The topological polar surface area (TPSA) is 95.9 Å². The molecule has 3 N–H and O–H groups in total. The van der Waals surface area contributed by atoms with Crippen molar-refractivity contribution in [2.24, 2.45) is 0 Å². The number of rotatable bonds is 51. The maximum atomic E-state index is 12.5. The molecule has 0 saturated carbocycles. The third-order valence-electron chi connectivity index (χ3n) is 12.7. The van der Waals surface area contributed by atoms with Crippen LogP contribution in [-0.4, -0.2) is 47.4 Å². The average molecular weight is 874 g/mol. The van der Waals surface area contributed by atoms with Crippen molar-refractivity contribution in [2.45, 2.75) is 309 Å². The maximum Gasteiger partial charge on any atom is 0.305 e. The van der Waals surface area contributed by atoms with Crippen LogP contribution in [0, 0.1) is 0 Å². The minimum atomic E-state index is -0.686. The summed E-state index contributed by atoms with van der Waals surface area (Å²) < 4.78 is 5.45. The Labute approximate surface area is 386 Å². The van der Waals surface area contributed by atoms with Crippen LogP contribution in [0.5, 0.6) is 0 Å². The van der Waals surface area contributed by atoms with Crippen LogP contribution in [0.3, 0.4) is 0 Å². The summed E-state index contributed by atoms with van der Waals surface area (Å²) in [5.74, 6) is -0.108. The van der Waals surface area contributed by atoms with E-state index in [-0.39, 0.29) is 18.5 Å². The van der Waals surface area contributed by atoms with Crippen LogP contribution in [0.4, 0.5) is 0 Å². The molecule has 1 amide bonds. The zero-order valence-corrected chi connectivity index (χ0v) is 41.6. The standard InChI is InChI=1S/C56H107NO5/c1-3-5-7-9-11-13-15-17-19-21-23-25-27-29-34-38-42-46-50-56(61)62-51-47-43-39-35-31-30-33-37-41-45-49-55(60)57-53(52-58)54(59)48-44-40-36-32-28-26-24-22-20-18-16-14-12-10-8-6-4-2/h19,21,31,35,53-54,58-59H,3-18,20,22-30,32-34,36-52H2,1-2H3,(H,57,60)/b21-19-,35-31-. The van der Waals surface area contributed by atoms with Gasteiger partial charge in [0.1, 0.15) is 0 Å². The fourth-order valence-electron chi connectivity index (χ4n) is 8.45. The van der Waals surface area contributed by atoms with Crippen molar-refractivity contribution in [1.82, 2.24) is 5.32 Å².